The number of ether oxygens (including phenoxy) is 1. The smallest absolute Gasteiger partial charge is 0.310 e. The van der Waals surface area contributed by atoms with E-state index in [9.17, 15) is 14.9 Å². The fraction of sp³-hybridized carbons (Fsp3) is 0.462. The number of amides is 1. The second-order valence-electron chi connectivity index (χ2n) is 4.74. The highest BCUT2D eigenvalue weighted by Gasteiger charge is 2.30. The number of nitrogens with zero attached hydrogens (tertiary/aromatic N) is 2. The number of hydrogen-bond donors (Lipinski definition) is 1. The highest BCUT2D eigenvalue weighted by molar-refractivity contribution is 5.78. The van der Waals surface area contributed by atoms with Crippen molar-refractivity contribution in [2.75, 3.05) is 13.7 Å². The van der Waals surface area contributed by atoms with Crippen molar-refractivity contribution in [3.05, 3.63) is 33.9 Å². The van der Waals surface area contributed by atoms with Gasteiger partial charge in [-0.3, -0.25) is 14.9 Å². The summed E-state index contributed by atoms with van der Waals surface area (Å²) < 4.78 is 5.26. The summed E-state index contributed by atoms with van der Waals surface area (Å²) in [6.45, 7) is -0.493. The van der Waals surface area contributed by atoms with E-state index >= 15 is 0 Å². The Kier molecular flexibility index (Phi) is 4.19. The molecule has 0 bridgehead atoms. The largest absolute Gasteiger partial charge is 0.477 e. The Labute approximate surface area is 115 Å². The van der Waals surface area contributed by atoms with Crippen LogP contribution in [0, 0.1) is 10.1 Å². The molecule has 1 amide bonds. The minimum absolute atomic E-state index is 0.000836. The van der Waals surface area contributed by atoms with Gasteiger partial charge >= 0.3 is 5.69 Å². The molecule has 1 saturated carbocycles. The number of carbonyl (C=O) groups is 1. The van der Waals surface area contributed by atoms with Gasteiger partial charge in [-0.05, 0) is 30.5 Å². The van der Waals surface area contributed by atoms with Gasteiger partial charge in [0.15, 0.2) is 12.4 Å². The van der Waals surface area contributed by atoms with Crippen LogP contribution in [0.25, 0.3) is 0 Å². The first kappa shape index (κ1) is 14.3. The average molecular weight is 280 g/mol. The van der Waals surface area contributed by atoms with Crippen molar-refractivity contribution in [2.24, 2.45) is 0 Å². The molecule has 0 aromatic heterocycles. The van der Waals surface area contributed by atoms with Crippen LogP contribution in [0.2, 0.25) is 0 Å². The number of aliphatic hydroxyl groups excluding tert-OH is 1. The first-order chi connectivity index (χ1) is 9.52. The molecule has 7 nitrogen and oxygen atoms in total. The van der Waals surface area contributed by atoms with Crippen molar-refractivity contribution in [1.82, 2.24) is 4.90 Å². The van der Waals surface area contributed by atoms with E-state index in [4.69, 9.17) is 9.84 Å². The molecule has 1 aromatic carbocycles. The van der Waals surface area contributed by atoms with Crippen LogP contribution in [-0.4, -0.2) is 40.5 Å². The van der Waals surface area contributed by atoms with Crippen LogP contribution in [0.1, 0.15) is 18.4 Å². The molecule has 0 saturated heterocycles. The van der Waals surface area contributed by atoms with Crippen LogP contribution < -0.4 is 4.74 Å². The molecule has 0 unspecified atom stereocenters. The average Bonchev–Trinajstić information content (AvgIpc) is 3.27. The second kappa shape index (κ2) is 5.87. The minimum Gasteiger partial charge on any atom is -0.477 e. The first-order valence-corrected chi connectivity index (χ1v) is 6.29. The van der Waals surface area contributed by atoms with E-state index in [1.807, 2.05) is 0 Å². The highest BCUT2D eigenvalue weighted by atomic mass is 16.6. The standard InChI is InChI=1S/C13H16N2O5/c1-14(10-3-4-10)13(17)8-20-12-6-9(7-16)2-5-11(12)15(18)19/h2,5-6,10,16H,3-4,7-8H2,1H3. The molecule has 0 spiro atoms. The van der Waals surface area contributed by atoms with Crippen LogP contribution in [0.3, 0.4) is 0 Å². The summed E-state index contributed by atoms with van der Waals surface area (Å²) in [5.74, 6) is -0.213. The van der Waals surface area contributed by atoms with E-state index in [0.717, 1.165) is 12.8 Å². The molecule has 0 radical (unpaired) electrons. The summed E-state index contributed by atoms with van der Waals surface area (Å²) in [5, 5.41) is 19.9. The van der Waals surface area contributed by atoms with Gasteiger partial charge < -0.3 is 14.7 Å². The molecule has 0 atom stereocenters. The number of nitro groups is 1. The van der Waals surface area contributed by atoms with Gasteiger partial charge in [0.1, 0.15) is 0 Å². The number of rotatable bonds is 6. The Hall–Kier alpha value is -2.15. The third kappa shape index (κ3) is 3.24. The van der Waals surface area contributed by atoms with Crippen molar-refractivity contribution < 1.29 is 19.6 Å². The summed E-state index contributed by atoms with van der Waals surface area (Å²) in [5.41, 5.74) is 0.276. The zero-order chi connectivity index (χ0) is 14.7. The Bertz CT molecular complexity index is 527. The Balaban J connectivity index is 2.06. The number of nitro benzene ring substituents is 1. The monoisotopic (exact) mass is 280 g/mol. The van der Waals surface area contributed by atoms with E-state index in [0.29, 0.717) is 5.56 Å². The van der Waals surface area contributed by atoms with Gasteiger partial charge in [0, 0.05) is 19.2 Å². The van der Waals surface area contributed by atoms with Crippen molar-refractivity contribution in [3.63, 3.8) is 0 Å². The van der Waals surface area contributed by atoms with Crippen molar-refractivity contribution in [3.8, 4) is 5.75 Å². The molecule has 1 N–H and O–H groups in total. The summed E-state index contributed by atoms with van der Waals surface area (Å²) in [4.78, 5) is 23.7. The SMILES string of the molecule is CN(C(=O)COc1cc(CO)ccc1[N+](=O)[O-])C1CC1. The lowest BCUT2D eigenvalue weighted by Gasteiger charge is -2.16. The molecule has 1 fully saturated rings. The molecule has 20 heavy (non-hydrogen) atoms. The van der Waals surface area contributed by atoms with Gasteiger partial charge in [0.2, 0.25) is 0 Å². The molecular weight excluding hydrogens is 264 g/mol. The Morgan fingerprint density at radius 3 is 2.80 bits per heavy atom. The first-order valence-electron chi connectivity index (χ1n) is 6.29. The minimum atomic E-state index is -0.578. The van der Waals surface area contributed by atoms with E-state index < -0.39 is 4.92 Å². The van der Waals surface area contributed by atoms with Crippen LogP contribution in [0.4, 0.5) is 5.69 Å². The lowest BCUT2D eigenvalue weighted by molar-refractivity contribution is -0.385. The van der Waals surface area contributed by atoms with Crippen molar-refractivity contribution in [1.29, 1.82) is 0 Å². The van der Waals surface area contributed by atoms with Crippen LogP contribution in [0.5, 0.6) is 5.75 Å². The summed E-state index contributed by atoms with van der Waals surface area (Å²) >= 11 is 0. The predicted octanol–water partition coefficient (Wildman–Crippen LogP) is 1.09. The normalized spacial score (nSPS) is 13.9. The molecule has 1 aliphatic carbocycles. The maximum Gasteiger partial charge on any atom is 0.310 e. The van der Waals surface area contributed by atoms with Gasteiger partial charge in [-0.2, -0.15) is 0 Å². The maximum atomic E-state index is 11.8. The number of hydrogen-bond acceptors (Lipinski definition) is 5. The van der Waals surface area contributed by atoms with E-state index in [1.54, 1.807) is 11.9 Å². The summed E-state index contributed by atoms with van der Waals surface area (Å²) in [6.07, 6.45) is 1.98. The molecule has 0 heterocycles. The number of benzene rings is 1. The fourth-order valence-corrected chi connectivity index (χ4v) is 1.83. The zero-order valence-electron chi connectivity index (χ0n) is 11.1. The number of likely N-dealkylation sites (N-methyl/N-ethyl adjacent to an activating group) is 1. The zero-order valence-corrected chi connectivity index (χ0v) is 11.1. The molecule has 0 aliphatic heterocycles. The Morgan fingerprint density at radius 2 is 2.25 bits per heavy atom. The molecule has 7 heteroatoms. The number of aliphatic hydroxyl groups is 1. The third-order valence-electron chi connectivity index (χ3n) is 3.24. The van der Waals surface area contributed by atoms with Gasteiger partial charge in [-0.1, -0.05) is 0 Å². The van der Waals surface area contributed by atoms with Gasteiger partial charge in [-0.25, -0.2) is 0 Å². The summed E-state index contributed by atoms with van der Waals surface area (Å²) in [7, 11) is 1.70. The molecule has 1 aromatic rings. The van der Waals surface area contributed by atoms with Gasteiger partial charge in [-0.15, -0.1) is 0 Å². The lowest BCUT2D eigenvalue weighted by Crippen LogP contribution is -2.33. The predicted molar refractivity (Wildman–Crippen MR) is 70.3 cm³/mol. The molecule has 1 aliphatic rings. The summed E-state index contributed by atoms with van der Waals surface area (Å²) in [6, 6.07) is 4.35. The van der Waals surface area contributed by atoms with E-state index in [1.165, 1.54) is 18.2 Å². The second-order valence-corrected chi connectivity index (χ2v) is 4.74. The molecule has 2 rings (SSSR count). The van der Waals surface area contributed by atoms with E-state index in [-0.39, 0.29) is 36.6 Å². The van der Waals surface area contributed by atoms with E-state index in [2.05, 4.69) is 0 Å². The molecular formula is C13H16N2O5. The fourth-order valence-electron chi connectivity index (χ4n) is 1.83. The van der Waals surface area contributed by atoms with Crippen LogP contribution in [0.15, 0.2) is 18.2 Å². The van der Waals surface area contributed by atoms with Crippen LogP contribution >= 0.6 is 0 Å². The van der Waals surface area contributed by atoms with Crippen LogP contribution in [-0.2, 0) is 11.4 Å². The van der Waals surface area contributed by atoms with Gasteiger partial charge in [0.05, 0.1) is 11.5 Å². The molecule has 108 valence electrons. The number of carbonyl (C=O) groups excluding carboxylic acids is 1. The quantitative estimate of drug-likeness (QED) is 0.622. The topological polar surface area (TPSA) is 92.9 Å². The lowest BCUT2D eigenvalue weighted by atomic mass is 10.2. The third-order valence-corrected chi connectivity index (χ3v) is 3.24. The van der Waals surface area contributed by atoms with Gasteiger partial charge in [0.25, 0.3) is 5.91 Å². The van der Waals surface area contributed by atoms with Crippen molar-refractivity contribution >= 4 is 11.6 Å². The maximum absolute atomic E-state index is 11.8. The highest BCUT2D eigenvalue weighted by Crippen LogP contribution is 2.29. The Morgan fingerprint density at radius 1 is 1.55 bits per heavy atom. The van der Waals surface area contributed by atoms with Crippen molar-refractivity contribution in [2.45, 2.75) is 25.5 Å².